The van der Waals surface area contributed by atoms with Crippen LogP contribution in [0, 0.1) is 0 Å². The van der Waals surface area contributed by atoms with Crippen LogP contribution in [0.25, 0.3) is 5.65 Å². The Balaban J connectivity index is 1.93. The topological polar surface area (TPSA) is 46.8 Å². The summed E-state index contributed by atoms with van der Waals surface area (Å²) in [5.74, 6) is -0.180. The summed E-state index contributed by atoms with van der Waals surface area (Å²) in [6, 6.07) is 10.4. The number of fused-ring (bicyclic) bond motifs is 3. The van der Waals surface area contributed by atoms with Crippen LogP contribution in [0.3, 0.4) is 0 Å². The van der Waals surface area contributed by atoms with Crippen molar-refractivity contribution in [2.75, 3.05) is 0 Å². The Morgan fingerprint density at radius 3 is 2.84 bits per heavy atom. The number of alkyl halides is 2. The minimum atomic E-state index is -2.90. The molecule has 0 bridgehead atoms. The Morgan fingerprint density at radius 2 is 2.08 bits per heavy atom. The van der Waals surface area contributed by atoms with Crippen LogP contribution in [0.1, 0.15) is 36.2 Å². The van der Waals surface area contributed by atoms with Crippen LogP contribution in [0.2, 0.25) is 0 Å². The summed E-state index contributed by atoms with van der Waals surface area (Å²) in [4.78, 5) is 4.56. The van der Waals surface area contributed by atoms with E-state index in [1.807, 2.05) is 22.7 Å². The molecule has 1 aliphatic rings. The van der Waals surface area contributed by atoms with Gasteiger partial charge in [0.1, 0.15) is 17.0 Å². The third-order valence-corrected chi connectivity index (χ3v) is 5.04. The molecule has 4 nitrogen and oxygen atoms in total. The maximum Gasteiger partial charge on any atom is 0.387 e. The molecule has 1 N–H and O–H groups in total. The van der Waals surface area contributed by atoms with Crippen LogP contribution < -0.4 is 4.74 Å². The normalized spacial score (nSPS) is 22.6. The van der Waals surface area contributed by atoms with Crippen molar-refractivity contribution in [2.45, 2.75) is 31.5 Å². The van der Waals surface area contributed by atoms with Crippen molar-refractivity contribution in [2.24, 2.45) is 0 Å². The van der Waals surface area contributed by atoms with Crippen molar-refractivity contribution < 1.29 is 18.6 Å². The number of nitrogens with zero attached hydrogens (tertiary/aromatic N) is 2. The largest absolute Gasteiger partial charge is 0.435 e. The fraction of sp³-hybridized carbons (Fsp3) is 0.278. The minimum absolute atomic E-state index is 0.121. The predicted octanol–water partition coefficient (Wildman–Crippen LogP) is 4.44. The number of rotatable bonds is 3. The summed E-state index contributed by atoms with van der Waals surface area (Å²) in [7, 11) is 0. The van der Waals surface area contributed by atoms with Crippen molar-refractivity contribution in [3.8, 4) is 5.75 Å². The number of hydrogen-bond acceptors (Lipinski definition) is 3. The van der Waals surface area contributed by atoms with Crippen molar-refractivity contribution in [3.05, 3.63) is 64.0 Å². The van der Waals surface area contributed by atoms with E-state index in [-0.39, 0.29) is 11.7 Å². The highest BCUT2D eigenvalue weighted by atomic mass is 79.9. The quantitative estimate of drug-likeness (QED) is 0.696. The average molecular weight is 409 g/mol. The van der Waals surface area contributed by atoms with Crippen LogP contribution in [0.5, 0.6) is 5.75 Å². The molecule has 0 saturated heterocycles. The zero-order valence-electron chi connectivity index (χ0n) is 13.3. The van der Waals surface area contributed by atoms with Crippen LogP contribution in [0.4, 0.5) is 8.78 Å². The molecule has 4 rings (SSSR count). The second-order valence-corrected chi connectivity index (χ2v) is 7.28. The van der Waals surface area contributed by atoms with Gasteiger partial charge in [0.15, 0.2) is 0 Å². The predicted molar refractivity (Wildman–Crippen MR) is 92.0 cm³/mol. The molecule has 1 aromatic carbocycles. The second kappa shape index (κ2) is 5.78. The standard InChI is InChI=1S/C18H15BrF2N2O2/c1-18(24)8-12(11-4-2-3-5-13(11)25-17(20)21)15-16(18)22-14-7-6-10(19)9-23(14)15/h2-7,9,12,17,24H,8H2,1H3/t12?,18-/m1/s1. The van der Waals surface area contributed by atoms with Gasteiger partial charge in [-0.3, -0.25) is 0 Å². The van der Waals surface area contributed by atoms with E-state index in [4.69, 9.17) is 4.74 Å². The van der Waals surface area contributed by atoms with Gasteiger partial charge in [-0.05, 0) is 47.5 Å². The van der Waals surface area contributed by atoms with E-state index in [1.165, 1.54) is 6.07 Å². The highest BCUT2D eigenvalue weighted by Crippen LogP contribution is 2.49. The average Bonchev–Trinajstić information content (AvgIpc) is 3.03. The lowest BCUT2D eigenvalue weighted by Gasteiger charge is -2.20. The number of ether oxygens (including phenoxy) is 1. The zero-order chi connectivity index (χ0) is 17.8. The smallest absolute Gasteiger partial charge is 0.387 e. The SMILES string of the molecule is C[C@@]1(O)CC(c2ccccc2OC(F)F)c2c1nc1ccc(Br)cn21. The summed E-state index contributed by atoms with van der Waals surface area (Å²) in [6.45, 7) is -1.21. The molecule has 0 radical (unpaired) electrons. The first-order valence-corrected chi connectivity index (χ1v) is 8.60. The van der Waals surface area contributed by atoms with Crippen LogP contribution in [-0.4, -0.2) is 21.1 Å². The van der Waals surface area contributed by atoms with Crippen LogP contribution >= 0.6 is 15.9 Å². The molecular weight excluding hydrogens is 394 g/mol. The number of aromatic nitrogens is 2. The van der Waals surface area contributed by atoms with Gasteiger partial charge in [0, 0.05) is 22.2 Å². The van der Waals surface area contributed by atoms with Gasteiger partial charge in [0.2, 0.25) is 0 Å². The van der Waals surface area contributed by atoms with Crippen LogP contribution in [0.15, 0.2) is 47.1 Å². The van der Waals surface area contributed by atoms with E-state index >= 15 is 0 Å². The minimum Gasteiger partial charge on any atom is -0.435 e. The van der Waals surface area contributed by atoms with Gasteiger partial charge in [-0.25, -0.2) is 4.98 Å². The number of aliphatic hydroxyl groups is 1. The highest BCUT2D eigenvalue weighted by molar-refractivity contribution is 9.10. The van der Waals surface area contributed by atoms with E-state index < -0.39 is 12.2 Å². The molecule has 1 unspecified atom stereocenters. The lowest BCUT2D eigenvalue weighted by Crippen LogP contribution is -2.18. The van der Waals surface area contributed by atoms with Gasteiger partial charge >= 0.3 is 6.61 Å². The molecule has 2 atom stereocenters. The fourth-order valence-electron chi connectivity index (χ4n) is 3.59. The van der Waals surface area contributed by atoms with Crippen molar-refractivity contribution >= 4 is 21.6 Å². The summed E-state index contributed by atoms with van der Waals surface area (Å²) in [6.07, 6.45) is 2.22. The van der Waals surface area contributed by atoms with E-state index in [1.54, 1.807) is 25.1 Å². The molecule has 0 fully saturated rings. The van der Waals surface area contributed by atoms with Gasteiger partial charge in [0.05, 0.1) is 11.4 Å². The third kappa shape index (κ3) is 2.71. The molecule has 0 amide bonds. The molecule has 25 heavy (non-hydrogen) atoms. The van der Waals surface area contributed by atoms with Gasteiger partial charge in [-0.15, -0.1) is 0 Å². The number of pyridine rings is 1. The lowest BCUT2D eigenvalue weighted by atomic mass is 9.93. The van der Waals surface area contributed by atoms with Gasteiger partial charge in [-0.2, -0.15) is 8.78 Å². The Labute approximate surface area is 151 Å². The van der Waals surface area contributed by atoms with Gasteiger partial charge in [0.25, 0.3) is 0 Å². The monoisotopic (exact) mass is 408 g/mol. The molecule has 1 aliphatic carbocycles. The summed E-state index contributed by atoms with van der Waals surface area (Å²) in [5, 5.41) is 10.8. The highest BCUT2D eigenvalue weighted by Gasteiger charge is 2.44. The van der Waals surface area contributed by atoms with E-state index in [0.29, 0.717) is 23.3 Å². The first-order valence-electron chi connectivity index (χ1n) is 7.81. The fourth-order valence-corrected chi connectivity index (χ4v) is 3.92. The van der Waals surface area contributed by atoms with E-state index in [2.05, 4.69) is 20.9 Å². The lowest BCUT2D eigenvalue weighted by molar-refractivity contribution is -0.0506. The zero-order valence-corrected chi connectivity index (χ0v) is 14.9. The van der Waals surface area contributed by atoms with E-state index in [9.17, 15) is 13.9 Å². The maximum atomic E-state index is 12.8. The number of benzene rings is 1. The number of imidazole rings is 1. The molecule has 2 heterocycles. The summed E-state index contributed by atoms with van der Waals surface area (Å²) in [5.41, 5.74) is 1.54. The Hall–Kier alpha value is -1.99. The molecule has 130 valence electrons. The molecule has 0 aliphatic heterocycles. The third-order valence-electron chi connectivity index (χ3n) is 4.57. The van der Waals surface area contributed by atoms with Gasteiger partial charge < -0.3 is 14.2 Å². The Morgan fingerprint density at radius 1 is 1.32 bits per heavy atom. The summed E-state index contributed by atoms with van der Waals surface area (Å²) >= 11 is 3.44. The summed E-state index contributed by atoms with van der Waals surface area (Å²) < 4.78 is 33.0. The number of hydrogen-bond donors (Lipinski definition) is 1. The molecule has 2 aromatic heterocycles. The Kier molecular flexibility index (Phi) is 3.81. The first-order chi connectivity index (χ1) is 11.9. The molecule has 3 aromatic rings. The molecule has 7 heteroatoms. The van der Waals surface area contributed by atoms with Crippen molar-refractivity contribution in [1.82, 2.24) is 9.38 Å². The van der Waals surface area contributed by atoms with Crippen molar-refractivity contribution in [1.29, 1.82) is 0 Å². The maximum absolute atomic E-state index is 12.8. The second-order valence-electron chi connectivity index (χ2n) is 6.37. The number of halogens is 3. The van der Waals surface area contributed by atoms with Gasteiger partial charge in [-0.1, -0.05) is 18.2 Å². The Bertz CT molecular complexity index is 955. The first kappa shape index (κ1) is 16.5. The van der Waals surface area contributed by atoms with Crippen molar-refractivity contribution in [3.63, 3.8) is 0 Å². The van der Waals surface area contributed by atoms with Crippen LogP contribution in [-0.2, 0) is 5.60 Å². The molecule has 0 saturated carbocycles. The molecule has 0 spiro atoms. The molecular formula is C18H15BrF2N2O2. The number of para-hydroxylation sites is 1. The van der Waals surface area contributed by atoms with E-state index in [0.717, 1.165) is 10.2 Å².